The second-order valence-corrected chi connectivity index (χ2v) is 5.44. The van der Waals surface area contributed by atoms with Crippen molar-refractivity contribution in [2.75, 3.05) is 6.26 Å². The molecule has 1 aromatic carbocycles. The second kappa shape index (κ2) is 4.55. The Hall–Kier alpha value is -1.20. The largest absolute Gasteiger partial charge is 0.321 e. The molecule has 82 valence electrons. The second-order valence-electron chi connectivity index (χ2n) is 3.42. The molecule has 0 aliphatic carbocycles. The minimum atomic E-state index is -3.20. The van der Waals surface area contributed by atoms with E-state index in [2.05, 4.69) is 0 Å². The van der Waals surface area contributed by atoms with E-state index < -0.39 is 15.9 Å². The summed E-state index contributed by atoms with van der Waals surface area (Å²) < 4.78 is 22.5. The fourth-order valence-electron chi connectivity index (χ4n) is 1.22. The van der Waals surface area contributed by atoms with Gasteiger partial charge in [0.15, 0.2) is 9.84 Å². The van der Waals surface area contributed by atoms with Gasteiger partial charge in [0.2, 0.25) is 0 Å². The van der Waals surface area contributed by atoms with Crippen LogP contribution in [-0.4, -0.2) is 27.0 Å². The Kier molecular flexibility index (Phi) is 3.60. The number of benzene rings is 1. The molecular weight excluding hydrogens is 214 g/mol. The van der Waals surface area contributed by atoms with Gasteiger partial charge in [-0.3, -0.25) is 0 Å². The van der Waals surface area contributed by atoms with Gasteiger partial charge in [-0.1, -0.05) is 12.1 Å². The number of carbonyl (C=O) groups excluding carboxylic acids is 1. The molecule has 0 heterocycles. The summed E-state index contributed by atoms with van der Waals surface area (Å²) in [5, 5.41) is 0. The smallest absolute Gasteiger partial charge is 0.175 e. The zero-order valence-corrected chi connectivity index (χ0v) is 9.20. The maximum Gasteiger partial charge on any atom is 0.175 e. The summed E-state index contributed by atoms with van der Waals surface area (Å²) in [7, 11) is -3.20. The Labute approximate surface area is 89.0 Å². The van der Waals surface area contributed by atoms with Gasteiger partial charge >= 0.3 is 0 Å². The van der Waals surface area contributed by atoms with E-state index in [9.17, 15) is 13.2 Å². The Bertz CT molecular complexity index is 453. The van der Waals surface area contributed by atoms with Crippen LogP contribution in [0.4, 0.5) is 0 Å². The minimum absolute atomic E-state index is 0.248. The third-order valence-corrected chi connectivity index (χ3v) is 3.08. The number of carbonyl (C=O) groups is 1. The first-order valence-corrected chi connectivity index (χ1v) is 6.32. The van der Waals surface area contributed by atoms with E-state index in [0.717, 1.165) is 11.8 Å². The van der Waals surface area contributed by atoms with Crippen LogP contribution >= 0.6 is 0 Å². The number of rotatable bonds is 4. The summed E-state index contributed by atoms with van der Waals surface area (Å²) in [6, 6.07) is 5.87. The van der Waals surface area contributed by atoms with E-state index in [1.165, 1.54) is 6.07 Å². The lowest BCUT2D eigenvalue weighted by molar-refractivity contribution is -0.108. The van der Waals surface area contributed by atoms with Crippen molar-refractivity contribution in [3.05, 3.63) is 29.8 Å². The molecule has 0 bridgehead atoms. The topological polar surface area (TPSA) is 77.2 Å². The number of nitrogens with two attached hydrogens (primary N) is 1. The monoisotopic (exact) mass is 227 g/mol. The van der Waals surface area contributed by atoms with Gasteiger partial charge < -0.3 is 10.5 Å². The lowest BCUT2D eigenvalue weighted by Crippen LogP contribution is -2.24. The SMILES string of the molecule is CS(=O)(=O)c1cccc(CC(N)C=O)c1. The van der Waals surface area contributed by atoms with E-state index in [0.29, 0.717) is 12.7 Å². The molecular formula is C10H13NO3S. The fraction of sp³-hybridized carbons (Fsp3) is 0.300. The molecule has 0 saturated heterocycles. The third kappa shape index (κ3) is 3.45. The van der Waals surface area contributed by atoms with Crippen LogP contribution in [0.25, 0.3) is 0 Å². The van der Waals surface area contributed by atoms with Gasteiger partial charge in [0.1, 0.15) is 6.29 Å². The molecule has 0 fully saturated rings. The highest BCUT2D eigenvalue weighted by Gasteiger charge is 2.08. The van der Waals surface area contributed by atoms with E-state index >= 15 is 0 Å². The maximum atomic E-state index is 11.2. The summed E-state index contributed by atoms with van der Waals surface area (Å²) in [5.41, 5.74) is 6.19. The Morgan fingerprint density at radius 3 is 2.67 bits per heavy atom. The number of sulfone groups is 1. The van der Waals surface area contributed by atoms with Crippen molar-refractivity contribution in [2.24, 2.45) is 5.73 Å². The summed E-state index contributed by atoms with van der Waals surface area (Å²) in [6.45, 7) is 0. The molecule has 0 amide bonds. The highest BCUT2D eigenvalue weighted by Crippen LogP contribution is 2.12. The average Bonchev–Trinajstić information content (AvgIpc) is 2.17. The quantitative estimate of drug-likeness (QED) is 0.743. The predicted octanol–water partition coefficient (Wildman–Crippen LogP) is 0.159. The van der Waals surface area contributed by atoms with Crippen molar-refractivity contribution in [3.8, 4) is 0 Å². The van der Waals surface area contributed by atoms with Crippen LogP contribution in [0.2, 0.25) is 0 Å². The van der Waals surface area contributed by atoms with Crippen molar-refractivity contribution < 1.29 is 13.2 Å². The molecule has 1 aromatic rings. The Morgan fingerprint density at radius 2 is 2.13 bits per heavy atom. The van der Waals surface area contributed by atoms with Crippen molar-refractivity contribution in [2.45, 2.75) is 17.4 Å². The first-order valence-electron chi connectivity index (χ1n) is 4.43. The van der Waals surface area contributed by atoms with Crippen LogP contribution in [0, 0.1) is 0 Å². The summed E-state index contributed by atoms with van der Waals surface area (Å²) in [5.74, 6) is 0. The van der Waals surface area contributed by atoms with Crippen LogP contribution in [0.15, 0.2) is 29.2 Å². The number of aldehydes is 1. The zero-order chi connectivity index (χ0) is 11.5. The van der Waals surface area contributed by atoms with E-state index in [4.69, 9.17) is 5.73 Å². The van der Waals surface area contributed by atoms with E-state index in [1.807, 2.05) is 0 Å². The van der Waals surface area contributed by atoms with Crippen molar-refractivity contribution in [1.29, 1.82) is 0 Å². The predicted molar refractivity (Wildman–Crippen MR) is 57.3 cm³/mol. The van der Waals surface area contributed by atoms with Crippen molar-refractivity contribution in [3.63, 3.8) is 0 Å². The van der Waals surface area contributed by atoms with Crippen molar-refractivity contribution >= 4 is 16.1 Å². The molecule has 0 saturated carbocycles. The lowest BCUT2D eigenvalue weighted by Gasteiger charge is -2.05. The molecule has 0 aromatic heterocycles. The van der Waals surface area contributed by atoms with Crippen LogP contribution < -0.4 is 5.73 Å². The molecule has 15 heavy (non-hydrogen) atoms. The minimum Gasteiger partial charge on any atom is -0.321 e. The summed E-state index contributed by atoms with van der Waals surface area (Å²) in [6.07, 6.45) is 2.14. The first-order chi connectivity index (χ1) is 6.93. The standard InChI is InChI=1S/C10H13NO3S/c1-15(13,14)10-4-2-3-8(6-10)5-9(11)7-12/h2-4,6-7,9H,5,11H2,1H3. The van der Waals surface area contributed by atoms with Crippen LogP contribution in [-0.2, 0) is 21.1 Å². The van der Waals surface area contributed by atoms with Crippen LogP contribution in [0.1, 0.15) is 5.56 Å². The fourth-order valence-corrected chi connectivity index (χ4v) is 1.91. The zero-order valence-electron chi connectivity index (χ0n) is 8.38. The normalized spacial score (nSPS) is 13.5. The molecule has 1 rings (SSSR count). The van der Waals surface area contributed by atoms with Gasteiger partial charge in [0.05, 0.1) is 10.9 Å². The molecule has 5 heteroatoms. The molecule has 0 radical (unpaired) electrons. The van der Waals surface area contributed by atoms with Crippen LogP contribution in [0.3, 0.4) is 0 Å². The highest BCUT2D eigenvalue weighted by molar-refractivity contribution is 7.90. The van der Waals surface area contributed by atoms with Gasteiger partial charge in [-0.25, -0.2) is 8.42 Å². The molecule has 1 atom stereocenters. The molecule has 0 aliphatic rings. The first kappa shape index (κ1) is 11.9. The Balaban J connectivity index is 2.98. The van der Waals surface area contributed by atoms with Gasteiger partial charge in [-0.2, -0.15) is 0 Å². The van der Waals surface area contributed by atoms with Gasteiger partial charge in [-0.05, 0) is 24.1 Å². The van der Waals surface area contributed by atoms with E-state index in [1.54, 1.807) is 18.2 Å². The highest BCUT2D eigenvalue weighted by atomic mass is 32.2. The van der Waals surface area contributed by atoms with Gasteiger partial charge in [0, 0.05) is 6.26 Å². The third-order valence-electron chi connectivity index (χ3n) is 1.97. The Morgan fingerprint density at radius 1 is 1.47 bits per heavy atom. The molecule has 0 spiro atoms. The molecule has 1 unspecified atom stereocenters. The molecule has 2 N–H and O–H groups in total. The molecule has 4 nitrogen and oxygen atoms in total. The molecule has 0 aliphatic heterocycles. The van der Waals surface area contributed by atoms with E-state index in [-0.39, 0.29) is 4.90 Å². The van der Waals surface area contributed by atoms with Gasteiger partial charge in [0.25, 0.3) is 0 Å². The number of hydrogen-bond donors (Lipinski definition) is 1. The maximum absolute atomic E-state index is 11.2. The number of hydrogen-bond acceptors (Lipinski definition) is 4. The van der Waals surface area contributed by atoms with Gasteiger partial charge in [-0.15, -0.1) is 0 Å². The van der Waals surface area contributed by atoms with Crippen LogP contribution in [0.5, 0.6) is 0 Å². The van der Waals surface area contributed by atoms with Crippen molar-refractivity contribution in [1.82, 2.24) is 0 Å². The summed E-state index contributed by atoms with van der Waals surface area (Å²) >= 11 is 0. The summed E-state index contributed by atoms with van der Waals surface area (Å²) in [4.78, 5) is 10.6. The lowest BCUT2D eigenvalue weighted by atomic mass is 10.1. The average molecular weight is 227 g/mol.